The summed E-state index contributed by atoms with van der Waals surface area (Å²) in [6.07, 6.45) is 2.55. The second-order valence-corrected chi connectivity index (χ2v) is 4.59. The van der Waals surface area contributed by atoms with Crippen LogP contribution in [-0.4, -0.2) is 6.54 Å². The van der Waals surface area contributed by atoms with E-state index in [2.05, 4.69) is 5.32 Å². The van der Waals surface area contributed by atoms with Crippen molar-refractivity contribution >= 4 is 23.2 Å². The number of nitrogens with one attached hydrogen (secondary N) is 1. The van der Waals surface area contributed by atoms with E-state index in [0.717, 1.165) is 29.3 Å². The van der Waals surface area contributed by atoms with Gasteiger partial charge in [-0.2, -0.15) is 0 Å². The monoisotopic (exact) mass is 269 g/mol. The summed E-state index contributed by atoms with van der Waals surface area (Å²) in [6, 6.07) is 9.34. The Morgan fingerprint density at radius 1 is 1.18 bits per heavy atom. The largest absolute Gasteiger partial charge is 0.469 e. The van der Waals surface area contributed by atoms with Crippen molar-refractivity contribution in [2.45, 2.75) is 13.0 Å². The van der Waals surface area contributed by atoms with Crippen LogP contribution in [0.2, 0.25) is 10.0 Å². The Morgan fingerprint density at radius 3 is 2.82 bits per heavy atom. The highest BCUT2D eigenvalue weighted by Gasteiger charge is 2.01. The molecule has 0 unspecified atom stereocenters. The van der Waals surface area contributed by atoms with Crippen LogP contribution in [0.4, 0.5) is 0 Å². The summed E-state index contributed by atoms with van der Waals surface area (Å²) < 4.78 is 5.24. The van der Waals surface area contributed by atoms with Gasteiger partial charge in [-0.25, -0.2) is 0 Å². The molecule has 2 aromatic rings. The van der Waals surface area contributed by atoms with Gasteiger partial charge >= 0.3 is 0 Å². The van der Waals surface area contributed by atoms with Crippen molar-refractivity contribution in [1.82, 2.24) is 5.32 Å². The maximum atomic E-state index is 6.06. The van der Waals surface area contributed by atoms with E-state index in [0.29, 0.717) is 11.6 Å². The summed E-state index contributed by atoms with van der Waals surface area (Å²) in [5.41, 5.74) is 1.01. The molecule has 0 aliphatic carbocycles. The van der Waals surface area contributed by atoms with E-state index in [1.54, 1.807) is 12.3 Å². The maximum Gasteiger partial charge on any atom is 0.105 e. The Labute approximate surface area is 111 Å². The van der Waals surface area contributed by atoms with E-state index in [1.807, 2.05) is 24.3 Å². The third kappa shape index (κ3) is 3.77. The molecule has 1 N–H and O–H groups in total. The molecule has 4 heteroatoms. The SMILES string of the molecule is Clc1ccc(Cl)c(CNCCc2ccco2)c1. The zero-order chi connectivity index (χ0) is 12.1. The molecule has 90 valence electrons. The van der Waals surface area contributed by atoms with Gasteiger partial charge in [0.05, 0.1) is 6.26 Å². The summed E-state index contributed by atoms with van der Waals surface area (Å²) in [6.45, 7) is 1.55. The smallest absolute Gasteiger partial charge is 0.105 e. The van der Waals surface area contributed by atoms with Crippen LogP contribution in [-0.2, 0) is 13.0 Å². The zero-order valence-electron chi connectivity index (χ0n) is 9.25. The fourth-order valence-electron chi connectivity index (χ4n) is 1.57. The van der Waals surface area contributed by atoms with Crippen molar-refractivity contribution in [1.29, 1.82) is 0 Å². The van der Waals surface area contributed by atoms with Crippen LogP contribution >= 0.6 is 23.2 Å². The number of benzene rings is 1. The van der Waals surface area contributed by atoms with Gasteiger partial charge in [-0.15, -0.1) is 0 Å². The molecule has 0 amide bonds. The summed E-state index contributed by atoms with van der Waals surface area (Å²) >= 11 is 12.0. The van der Waals surface area contributed by atoms with E-state index in [1.165, 1.54) is 0 Å². The molecule has 0 radical (unpaired) electrons. The quantitative estimate of drug-likeness (QED) is 0.833. The summed E-state index contributed by atoms with van der Waals surface area (Å²) in [7, 11) is 0. The van der Waals surface area contributed by atoms with Gasteiger partial charge in [-0.1, -0.05) is 23.2 Å². The normalized spacial score (nSPS) is 10.7. The van der Waals surface area contributed by atoms with Gasteiger partial charge in [0.15, 0.2) is 0 Å². The average Bonchev–Trinajstić information content (AvgIpc) is 2.82. The first-order valence-corrected chi connectivity index (χ1v) is 6.18. The Morgan fingerprint density at radius 2 is 2.06 bits per heavy atom. The van der Waals surface area contributed by atoms with E-state index < -0.39 is 0 Å². The Balaban J connectivity index is 1.80. The number of hydrogen-bond acceptors (Lipinski definition) is 2. The molecule has 0 aliphatic rings. The van der Waals surface area contributed by atoms with Crippen LogP contribution < -0.4 is 5.32 Å². The van der Waals surface area contributed by atoms with Crippen LogP contribution in [0, 0.1) is 0 Å². The van der Waals surface area contributed by atoms with Gasteiger partial charge in [0.2, 0.25) is 0 Å². The highest BCUT2D eigenvalue weighted by molar-refractivity contribution is 6.33. The Kier molecular flexibility index (Phi) is 4.49. The molecule has 0 atom stereocenters. The third-order valence-corrected chi connectivity index (χ3v) is 3.06. The van der Waals surface area contributed by atoms with Crippen molar-refractivity contribution in [2.24, 2.45) is 0 Å². The second-order valence-electron chi connectivity index (χ2n) is 3.74. The number of hydrogen-bond donors (Lipinski definition) is 1. The lowest BCUT2D eigenvalue weighted by Gasteiger charge is -2.06. The predicted octanol–water partition coefficient (Wildman–Crippen LogP) is 3.92. The molecule has 0 aliphatic heterocycles. The molecule has 0 spiro atoms. The van der Waals surface area contributed by atoms with E-state index in [9.17, 15) is 0 Å². The lowest BCUT2D eigenvalue weighted by atomic mass is 10.2. The van der Waals surface area contributed by atoms with Crippen LogP contribution in [0.3, 0.4) is 0 Å². The number of halogens is 2. The lowest BCUT2D eigenvalue weighted by molar-refractivity contribution is 0.499. The molecular weight excluding hydrogens is 257 g/mol. The Hall–Kier alpha value is -0.960. The van der Waals surface area contributed by atoms with Crippen molar-refractivity contribution in [3.8, 4) is 0 Å². The fourth-order valence-corrected chi connectivity index (χ4v) is 1.95. The zero-order valence-corrected chi connectivity index (χ0v) is 10.8. The van der Waals surface area contributed by atoms with E-state index in [-0.39, 0.29) is 0 Å². The van der Waals surface area contributed by atoms with Gasteiger partial charge in [0.1, 0.15) is 5.76 Å². The molecule has 0 saturated carbocycles. The van der Waals surface area contributed by atoms with Crippen LogP contribution in [0.5, 0.6) is 0 Å². The van der Waals surface area contributed by atoms with Crippen LogP contribution in [0.25, 0.3) is 0 Å². The van der Waals surface area contributed by atoms with Crippen molar-refractivity contribution in [2.75, 3.05) is 6.54 Å². The minimum absolute atomic E-state index is 0.706. The minimum atomic E-state index is 0.706. The molecule has 1 heterocycles. The highest BCUT2D eigenvalue weighted by atomic mass is 35.5. The highest BCUT2D eigenvalue weighted by Crippen LogP contribution is 2.20. The molecule has 0 bridgehead atoms. The molecule has 1 aromatic carbocycles. The number of rotatable bonds is 5. The molecule has 1 aromatic heterocycles. The lowest BCUT2D eigenvalue weighted by Crippen LogP contribution is -2.16. The molecular formula is C13H13Cl2NO. The fraction of sp³-hybridized carbons (Fsp3) is 0.231. The van der Waals surface area contributed by atoms with Crippen molar-refractivity contribution in [3.05, 3.63) is 58.0 Å². The standard InChI is InChI=1S/C13H13Cl2NO/c14-11-3-4-13(15)10(8-11)9-16-6-5-12-2-1-7-17-12/h1-4,7-8,16H,5-6,9H2. The minimum Gasteiger partial charge on any atom is -0.469 e. The first-order valence-electron chi connectivity index (χ1n) is 5.43. The predicted molar refractivity (Wildman–Crippen MR) is 70.6 cm³/mol. The number of furan rings is 1. The molecule has 0 saturated heterocycles. The van der Waals surface area contributed by atoms with Crippen molar-refractivity contribution in [3.63, 3.8) is 0 Å². The summed E-state index contributed by atoms with van der Waals surface area (Å²) in [4.78, 5) is 0. The molecule has 17 heavy (non-hydrogen) atoms. The van der Waals surface area contributed by atoms with E-state index >= 15 is 0 Å². The second kappa shape index (κ2) is 6.10. The first kappa shape index (κ1) is 12.5. The van der Waals surface area contributed by atoms with Crippen molar-refractivity contribution < 1.29 is 4.42 Å². The topological polar surface area (TPSA) is 25.2 Å². The Bertz CT molecular complexity index is 468. The third-order valence-electron chi connectivity index (χ3n) is 2.45. The molecule has 2 nitrogen and oxygen atoms in total. The van der Waals surface area contributed by atoms with Crippen LogP contribution in [0.1, 0.15) is 11.3 Å². The van der Waals surface area contributed by atoms with Gasteiger partial charge in [0.25, 0.3) is 0 Å². The van der Waals surface area contributed by atoms with E-state index in [4.69, 9.17) is 27.6 Å². The molecule has 2 rings (SSSR count). The summed E-state index contributed by atoms with van der Waals surface area (Å²) in [5, 5.41) is 4.75. The summed E-state index contributed by atoms with van der Waals surface area (Å²) in [5.74, 6) is 0.981. The van der Waals surface area contributed by atoms with Gasteiger partial charge in [-0.05, 0) is 35.9 Å². The average molecular weight is 270 g/mol. The maximum absolute atomic E-state index is 6.06. The van der Waals surface area contributed by atoms with Gasteiger partial charge in [-0.3, -0.25) is 0 Å². The van der Waals surface area contributed by atoms with Gasteiger partial charge in [0, 0.05) is 29.6 Å². The first-order chi connectivity index (χ1) is 8.25. The van der Waals surface area contributed by atoms with Gasteiger partial charge < -0.3 is 9.73 Å². The van der Waals surface area contributed by atoms with Crippen LogP contribution in [0.15, 0.2) is 41.0 Å². The molecule has 0 fully saturated rings.